The Morgan fingerprint density at radius 2 is 2.31 bits per heavy atom. The van der Waals surface area contributed by atoms with Gasteiger partial charge < -0.3 is 10.4 Å². The summed E-state index contributed by atoms with van der Waals surface area (Å²) < 4.78 is 0. The third-order valence-electron chi connectivity index (χ3n) is 2.05. The van der Waals surface area contributed by atoms with Crippen LogP contribution in [0.5, 0.6) is 0 Å². The molecule has 1 heterocycles. The van der Waals surface area contributed by atoms with Gasteiger partial charge in [-0.15, -0.1) is 11.3 Å². The Hall–Kier alpha value is -0.750. The van der Waals surface area contributed by atoms with Gasteiger partial charge in [-0.3, -0.25) is 0 Å². The number of hydrogen-bond donors (Lipinski definition) is 3. The Balaban J connectivity index is 2.76. The minimum Gasteiger partial charge on any atom is -0.480 e. The Morgan fingerprint density at radius 3 is 2.69 bits per heavy atom. The highest BCUT2D eigenvalue weighted by atomic mass is 32.1. The molecule has 6 heteroatoms. The summed E-state index contributed by atoms with van der Waals surface area (Å²) in [6.45, 7) is 6.21. The van der Waals surface area contributed by atoms with E-state index < -0.39 is 12.0 Å². The number of aliphatic carboxylic acids is 1. The van der Waals surface area contributed by atoms with Crippen LogP contribution in [0.2, 0.25) is 0 Å². The van der Waals surface area contributed by atoms with E-state index in [0.717, 1.165) is 5.69 Å². The second-order valence-corrected chi connectivity index (χ2v) is 5.73. The molecular formula is C10H16N2O2S2. The van der Waals surface area contributed by atoms with Crippen molar-refractivity contribution in [3.05, 3.63) is 11.1 Å². The van der Waals surface area contributed by atoms with Gasteiger partial charge in [-0.1, -0.05) is 20.8 Å². The number of nitrogens with one attached hydrogen (secondary N) is 1. The minimum atomic E-state index is -0.914. The van der Waals surface area contributed by atoms with Crippen molar-refractivity contribution in [3.63, 3.8) is 0 Å². The average molecular weight is 260 g/mol. The zero-order valence-electron chi connectivity index (χ0n) is 9.52. The maximum atomic E-state index is 10.8. The smallest absolute Gasteiger partial charge is 0.327 e. The van der Waals surface area contributed by atoms with E-state index in [1.54, 1.807) is 0 Å². The summed E-state index contributed by atoms with van der Waals surface area (Å²) >= 11 is 5.40. The van der Waals surface area contributed by atoms with Crippen LogP contribution in [-0.4, -0.2) is 27.9 Å². The van der Waals surface area contributed by atoms with E-state index in [4.69, 9.17) is 5.11 Å². The fourth-order valence-corrected chi connectivity index (χ4v) is 2.26. The van der Waals surface area contributed by atoms with Crippen molar-refractivity contribution < 1.29 is 9.90 Å². The summed E-state index contributed by atoms with van der Waals surface area (Å²) in [7, 11) is 0. The van der Waals surface area contributed by atoms with Gasteiger partial charge in [0, 0.05) is 16.5 Å². The van der Waals surface area contributed by atoms with E-state index in [1.165, 1.54) is 11.3 Å². The van der Waals surface area contributed by atoms with Gasteiger partial charge in [0.2, 0.25) is 0 Å². The zero-order chi connectivity index (χ0) is 12.3. The SMILES string of the molecule is CC(C)(C)c1csc(NC(CS)C(=O)O)n1. The molecule has 0 aliphatic rings. The molecule has 0 spiro atoms. The van der Waals surface area contributed by atoms with Crippen molar-refractivity contribution in [1.82, 2.24) is 4.98 Å². The lowest BCUT2D eigenvalue weighted by molar-refractivity contribution is -0.137. The topological polar surface area (TPSA) is 62.2 Å². The maximum Gasteiger partial charge on any atom is 0.327 e. The number of carboxylic acid groups (broad SMARTS) is 1. The number of carbonyl (C=O) groups is 1. The zero-order valence-corrected chi connectivity index (χ0v) is 11.2. The van der Waals surface area contributed by atoms with E-state index >= 15 is 0 Å². The number of aromatic nitrogens is 1. The molecule has 0 saturated heterocycles. The summed E-state index contributed by atoms with van der Waals surface area (Å²) in [5.74, 6) is -0.678. The van der Waals surface area contributed by atoms with Gasteiger partial charge in [0.15, 0.2) is 5.13 Å². The third kappa shape index (κ3) is 3.38. The summed E-state index contributed by atoms with van der Waals surface area (Å²) in [4.78, 5) is 15.2. The standard InChI is InChI=1S/C10H16N2O2S2/c1-10(2,3)7-5-16-9(12-7)11-6(4-15)8(13)14/h5-6,15H,4H2,1-3H3,(H,11,12)(H,13,14). The second-order valence-electron chi connectivity index (χ2n) is 4.51. The van der Waals surface area contributed by atoms with Crippen molar-refractivity contribution in [2.24, 2.45) is 0 Å². The van der Waals surface area contributed by atoms with Crippen LogP contribution in [0.4, 0.5) is 5.13 Å². The van der Waals surface area contributed by atoms with Crippen LogP contribution < -0.4 is 5.32 Å². The molecule has 2 N–H and O–H groups in total. The molecular weight excluding hydrogens is 244 g/mol. The number of thiol groups is 1. The van der Waals surface area contributed by atoms with E-state index in [9.17, 15) is 4.79 Å². The Morgan fingerprint density at radius 1 is 1.69 bits per heavy atom. The molecule has 0 saturated carbocycles. The molecule has 0 amide bonds. The molecule has 1 atom stereocenters. The molecule has 1 aromatic heterocycles. The number of rotatable bonds is 4. The number of anilines is 1. The third-order valence-corrected chi connectivity index (χ3v) is 3.19. The van der Waals surface area contributed by atoms with Crippen LogP contribution >= 0.6 is 24.0 Å². The monoisotopic (exact) mass is 260 g/mol. The predicted octanol–water partition coefficient (Wildman–Crippen LogP) is 2.24. The van der Waals surface area contributed by atoms with Crippen LogP contribution in [-0.2, 0) is 10.2 Å². The molecule has 0 aliphatic carbocycles. The molecule has 0 aromatic carbocycles. The van der Waals surface area contributed by atoms with Gasteiger partial charge >= 0.3 is 5.97 Å². The molecule has 1 rings (SSSR count). The van der Waals surface area contributed by atoms with Crippen molar-refractivity contribution >= 4 is 35.1 Å². The van der Waals surface area contributed by atoms with Gasteiger partial charge in [0.25, 0.3) is 0 Å². The number of thiazole rings is 1. The lowest BCUT2D eigenvalue weighted by Crippen LogP contribution is -2.30. The molecule has 0 bridgehead atoms. The highest BCUT2D eigenvalue weighted by Gasteiger charge is 2.20. The van der Waals surface area contributed by atoms with Crippen LogP contribution in [0.15, 0.2) is 5.38 Å². The molecule has 4 nitrogen and oxygen atoms in total. The first-order valence-electron chi connectivity index (χ1n) is 4.91. The van der Waals surface area contributed by atoms with Gasteiger partial charge in [-0.05, 0) is 0 Å². The Labute approximate surface area is 105 Å². The van der Waals surface area contributed by atoms with E-state index in [0.29, 0.717) is 5.13 Å². The molecule has 0 radical (unpaired) electrons. The Kier molecular flexibility index (Phi) is 4.21. The molecule has 0 fully saturated rings. The lowest BCUT2D eigenvalue weighted by atomic mass is 9.93. The first-order chi connectivity index (χ1) is 7.34. The van der Waals surface area contributed by atoms with Crippen LogP contribution in [0.25, 0.3) is 0 Å². The van der Waals surface area contributed by atoms with Gasteiger partial charge in [0.1, 0.15) is 6.04 Å². The summed E-state index contributed by atoms with van der Waals surface area (Å²) in [6.07, 6.45) is 0. The molecule has 0 aliphatic heterocycles. The average Bonchev–Trinajstić information content (AvgIpc) is 2.61. The fraction of sp³-hybridized carbons (Fsp3) is 0.600. The molecule has 1 aromatic rings. The first kappa shape index (κ1) is 13.3. The summed E-state index contributed by atoms with van der Waals surface area (Å²) in [5, 5.41) is 14.3. The quantitative estimate of drug-likeness (QED) is 0.727. The maximum absolute atomic E-state index is 10.8. The molecule has 1 unspecified atom stereocenters. The highest BCUT2D eigenvalue weighted by Crippen LogP contribution is 2.26. The van der Waals surface area contributed by atoms with E-state index in [-0.39, 0.29) is 11.2 Å². The van der Waals surface area contributed by atoms with Crippen molar-refractivity contribution in [1.29, 1.82) is 0 Å². The highest BCUT2D eigenvalue weighted by molar-refractivity contribution is 7.80. The van der Waals surface area contributed by atoms with Gasteiger partial charge in [0.05, 0.1) is 5.69 Å². The fourth-order valence-electron chi connectivity index (χ4n) is 1.02. The van der Waals surface area contributed by atoms with Crippen molar-refractivity contribution in [2.45, 2.75) is 32.2 Å². The Bertz CT molecular complexity index is 371. The predicted molar refractivity (Wildman–Crippen MR) is 69.7 cm³/mol. The number of hydrogen-bond acceptors (Lipinski definition) is 5. The molecule has 90 valence electrons. The molecule has 16 heavy (non-hydrogen) atoms. The number of carboxylic acids is 1. The lowest BCUT2D eigenvalue weighted by Gasteiger charge is -2.14. The minimum absolute atomic E-state index is 0.0177. The largest absolute Gasteiger partial charge is 0.480 e. The normalized spacial score (nSPS) is 13.5. The first-order valence-corrected chi connectivity index (χ1v) is 6.42. The summed E-state index contributed by atoms with van der Waals surface area (Å²) in [6, 6.07) is -0.692. The van der Waals surface area contributed by atoms with Crippen molar-refractivity contribution in [2.75, 3.05) is 11.1 Å². The summed E-state index contributed by atoms with van der Waals surface area (Å²) in [5.41, 5.74) is 0.944. The van der Waals surface area contributed by atoms with Crippen LogP contribution in [0, 0.1) is 0 Å². The van der Waals surface area contributed by atoms with Gasteiger partial charge in [-0.2, -0.15) is 12.6 Å². The van der Waals surface area contributed by atoms with Crippen LogP contribution in [0.1, 0.15) is 26.5 Å². The van der Waals surface area contributed by atoms with Gasteiger partial charge in [-0.25, -0.2) is 9.78 Å². The van der Waals surface area contributed by atoms with E-state index in [1.807, 2.05) is 5.38 Å². The second kappa shape index (κ2) is 5.05. The van der Waals surface area contributed by atoms with E-state index in [2.05, 4.69) is 43.7 Å². The van der Waals surface area contributed by atoms with Crippen LogP contribution in [0.3, 0.4) is 0 Å². The van der Waals surface area contributed by atoms with Crippen molar-refractivity contribution in [3.8, 4) is 0 Å². The number of nitrogens with zero attached hydrogens (tertiary/aromatic N) is 1.